The van der Waals surface area contributed by atoms with Crippen molar-refractivity contribution in [1.82, 2.24) is 15.3 Å². The second-order valence-electron chi connectivity index (χ2n) is 6.39. The third-order valence-corrected chi connectivity index (χ3v) is 4.10. The summed E-state index contributed by atoms with van der Waals surface area (Å²) >= 11 is 0. The van der Waals surface area contributed by atoms with Crippen molar-refractivity contribution in [2.75, 3.05) is 18.5 Å². The molecule has 20 heavy (non-hydrogen) atoms. The van der Waals surface area contributed by atoms with E-state index in [0.29, 0.717) is 17.9 Å². The summed E-state index contributed by atoms with van der Waals surface area (Å²) in [5, 5.41) is 3.24. The van der Waals surface area contributed by atoms with Gasteiger partial charge in [-0.3, -0.25) is 0 Å². The normalized spacial score (nSPS) is 19.4. The molecular formula is C16H28N4. The van der Waals surface area contributed by atoms with Gasteiger partial charge in [-0.1, -0.05) is 27.7 Å². The molecule has 1 unspecified atom stereocenters. The second kappa shape index (κ2) is 6.53. The van der Waals surface area contributed by atoms with Crippen LogP contribution in [-0.4, -0.2) is 29.6 Å². The van der Waals surface area contributed by atoms with Gasteiger partial charge in [-0.15, -0.1) is 0 Å². The quantitative estimate of drug-likeness (QED) is 0.897. The lowest BCUT2D eigenvalue weighted by Crippen LogP contribution is -2.34. The Morgan fingerprint density at radius 2 is 2.10 bits per heavy atom. The SMILES string of the molecule is CNCc1nc(C(C)C)ncc1N1CCCC1C(C)C. The van der Waals surface area contributed by atoms with E-state index >= 15 is 0 Å². The molecule has 1 aromatic heterocycles. The molecular weight excluding hydrogens is 248 g/mol. The number of nitrogens with one attached hydrogen (secondary N) is 1. The van der Waals surface area contributed by atoms with Gasteiger partial charge in [0.1, 0.15) is 5.82 Å². The van der Waals surface area contributed by atoms with Gasteiger partial charge in [0.15, 0.2) is 0 Å². The number of rotatable bonds is 5. The number of anilines is 1. The molecule has 2 rings (SSSR count). The summed E-state index contributed by atoms with van der Waals surface area (Å²) in [6.07, 6.45) is 4.59. The van der Waals surface area contributed by atoms with E-state index in [1.54, 1.807) is 0 Å². The molecule has 0 saturated carbocycles. The summed E-state index contributed by atoms with van der Waals surface area (Å²) in [5.41, 5.74) is 2.36. The smallest absolute Gasteiger partial charge is 0.131 e. The first-order chi connectivity index (χ1) is 9.54. The van der Waals surface area contributed by atoms with Gasteiger partial charge in [0.2, 0.25) is 0 Å². The van der Waals surface area contributed by atoms with Crippen molar-refractivity contribution in [1.29, 1.82) is 0 Å². The van der Waals surface area contributed by atoms with E-state index in [9.17, 15) is 0 Å². The molecule has 1 aliphatic heterocycles. The van der Waals surface area contributed by atoms with E-state index in [1.165, 1.54) is 18.5 Å². The first-order valence-electron chi connectivity index (χ1n) is 7.81. The average molecular weight is 276 g/mol. The van der Waals surface area contributed by atoms with Crippen LogP contribution in [0.1, 0.15) is 58.0 Å². The molecule has 0 spiro atoms. The number of nitrogens with zero attached hydrogens (tertiary/aromatic N) is 3. The molecule has 0 radical (unpaired) electrons. The van der Waals surface area contributed by atoms with Crippen molar-refractivity contribution in [2.45, 2.75) is 59.0 Å². The van der Waals surface area contributed by atoms with Gasteiger partial charge in [-0.25, -0.2) is 9.97 Å². The molecule has 4 nitrogen and oxygen atoms in total. The van der Waals surface area contributed by atoms with Gasteiger partial charge in [0, 0.05) is 25.0 Å². The fourth-order valence-corrected chi connectivity index (χ4v) is 3.03. The summed E-state index contributed by atoms with van der Waals surface area (Å²) in [5.74, 6) is 1.99. The molecule has 1 N–H and O–H groups in total. The third kappa shape index (κ3) is 3.11. The number of hydrogen-bond acceptors (Lipinski definition) is 4. The zero-order chi connectivity index (χ0) is 14.7. The highest BCUT2D eigenvalue weighted by Gasteiger charge is 2.29. The van der Waals surface area contributed by atoms with Crippen molar-refractivity contribution in [3.63, 3.8) is 0 Å². The minimum absolute atomic E-state index is 0.374. The minimum Gasteiger partial charge on any atom is -0.366 e. The highest BCUT2D eigenvalue weighted by molar-refractivity contribution is 5.51. The van der Waals surface area contributed by atoms with Crippen LogP contribution in [0, 0.1) is 5.92 Å². The van der Waals surface area contributed by atoms with E-state index in [1.807, 2.05) is 13.2 Å². The molecule has 0 aromatic carbocycles. The molecule has 1 saturated heterocycles. The maximum absolute atomic E-state index is 4.79. The highest BCUT2D eigenvalue weighted by Crippen LogP contribution is 2.31. The Labute approximate surface area is 123 Å². The summed E-state index contributed by atoms with van der Waals surface area (Å²) in [7, 11) is 1.98. The molecule has 0 aliphatic carbocycles. The van der Waals surface area contributed by atoms with Crippen molar-refractivity contribution < 1.29 is 0 Å². The van der Waals surface area contributed by atoms with Gasteiger partial charge in [-0.2, -0.15) is 0 Å². The zero-order valence-corrected chi connectivity index (χ0v) is 13.5. The lowest BCUT2D eigenvalue weighted by molar-refractivity contribution is 0.489. The molecule has 1 aromatic rings. The van der Waals surface area contributed by atoms with Crippen LogP contribution < -0.4 is 10.2 Å². The lowest BCUT2D eigenvalue weighted by atomic mass is 10.0. The predicted molar refractivity (Wildman–Crippen MR) is 84.1 cm³/mol. The Morgan fingerprint density at radius 3 is 2.70 bits per heavy atom. The van der Waals surface area contributed by atoms with Gasteiger partial charge < -0.3 is 10.2 Å². The molecule has 112 valence electrons. The summed E-state index contributed by atoms with van der Waals surface area (Å²) < 4.78 is 0. The fourth-order valence-electron chi connectivity index (χ4n) is 3.03. The van der Waals surface area contributed by atoms with Crippen molar-refractivity contribution in [3.8, 4) is 0 Å². The average Bonchev–Trinajstić information content (AvgIpc) is 2.88. The second-order valence-corrected chi connectivity index (χ2v) is 6.39. The Bertz CT molecular complexity index is 442. The minimum atomic E-state index is 0.374. The summed E-state index contributed by atoms with van der Waals surface area (Å²) in [4.78, 5) is 11.9. The van der Waals surface area contributed by atoms with Crippen LogP contribution in [0.15, 0.2) is 6.20 Å². The Morgan fingerprint density at radius 1 is 1.35 bits per heavy atom. The maximum atomic E-state index is 4.79. The van der Waals surface area contributed by atoms with Gasteiger partial charge in [0.25, 0.3) is 0 Å². The molecule has 0 bridgehead atoms. The molecule has 1 aliphatic rings. The predicted octanol–water partition coefficient (Wildman–Crippen LogP) is 2.94. The molecule has 0 amide bonds. The van der Waals surface area contributed by atoms with E-state index in [4.69, 9.17) is 4.98 Å². The Hall–Kier alpha value is -1.16. The van der Waals surface area contributed by atoms with Gasteiger partial charge in [0.05, 0.1) is 17.6 Å². The topological polar surface area (TPSA) is 41.1 Å². The van der Waals surface area contributed by atoms with Gasteiger partial charge >= 0.3 is 0 Å². The standard InChI is InChI=1S/C16H28N4/c1-11(2)14-7-6-8-20(14)15-10-18-16(12(3)4)19-13(15)9-17-5/h10-12,14,17H,6-9H2,1-5H3. The zero-order valence-electron chi connectivity index (χ0n) is 13.5. The maximum Gasteiger partial charge on any atom is 0.131 e. The molecule has 4 heteroatoms. The Kier molecular flexibility index (Phi) is 4.97. The number of hydrogen-bond donors (Lipinski definition) is 1. The monoisotopic (exact) mass is 276 g/mol. The summed E-state index contributed by atoms with van der Waals surface area (Å²) in [6.45, 7) is 10.8. The van der Waals surface area contributed by atoms with Crippen LogP contribution in [0.5, 0.6) is 0 Å². The van der Waals surface area contributed by atoms with E-state index in [0.717, 1.165) is 24.6 Å². The molecule has 2 heterocycles. The lowest BCUT2D eigenvalue weighted by Gasteiger charge is -2.31. The fraction of sp³-hybridized carbons (Fsp3) is 0.750. The first-order valence-corrected chi connectivity index (χ1v) is 7.81. The van der Waals surface area contributed by atoms with Crippen molar-refractivity contribution in [2.24, 2.45) is 5.92 Å². The highest BCUT2D eigenvalue weighted by atomic mass is 15.2. The van der Waals surface area contributed by atoms with Crippen LogP contribution in [0.2, 0.25) is 0 Å². The Balaban J connectivity index is 2.34. The van der Waals surface area contributed by atoms with Crippen molar-refractivity contribution in [3.05, 3.63) is 17.7 Å². The number of aromatic nitrogens is 2. The molecule has 1 atom stereocenters. The van der Waals surface area contributed by atoms with E-state index in [-0.39, 0.29) is 0 Å². The van der Waals surface area contributed by atoms with Crippen LogP contribution in [0.4, 0.5) is 5.69 Å². The van der Waals surface area contributed by atoms with E-state index in [2.05, 4.69) is 42.9 Å². The summed E-state index contributed by atoms with van der Waals surface area (Å²) in [6, 6.07) is 0.624. The van der Waals surface area contributed by atoms with Gasteiger partial charge in [-0.05, 0) is 25.8 Å². The molecule has 1 fully saturated rings. The van der Waals surface area contributed by atoms with E-state index < -0.39 is 0 Å². The third-order valence-electron chi connectivity index (χ3n) is 4.10. The van der Waals surface area contributed by atoms with Crippen LogP contribution in [0.3, 0.4) is 0 Å². The van der Waals surface area contributed by atoms with Crippen LogP contribution >= 0.6 is 0 Å². The van der Waals surface area contributed by atoms with Crippen molar-refractivity contribution >= 4 is 5.69 Å². The van der Waals surface area contributed by atoms with Crippen LogP contribution in [-0.2, 0) is 6.54 Å². The van der Waals surface area contributed by atoms with Crippen LogP contribution in [0.25, 0.3) is 0 Å². The largest absolute Gasteiger partial charge is 0.366 e. The first kappa shape index (κ1) is 15.2.